The highest BCUT2D eigenvalue weighted by Crippen LogP contribution is 2.17. The quantitative estimate of drug-likeness (QED) is 0.777. The highest BCUT2D eigenvalue weighted by atomic mass is 79.9. The molecular weight excluding hydrogens is 312 g/mol. The van der Waals surface area contributed by atoms with Crippen LogP contribution >= 0.6 is 15.9 Å². The second-order valence-corrected chi connectivity index (χ2v) is 5.26. The normalized spacial score (nSPS) is 15.9. The van der Waals surface area contributed by atoms with Crippen LogP contribution in [0.1, 0.15) is 10.4 Å². The summed E-state index contributed by atoms with van der Waals surface area (Å²) in [6.45, 7) is -0.0748. The fourth-order valence-corrected chi connectivity index (χ4v) is 2.36. The molecule has 1 aromatic rings. The topological polar surface area (TPSA) is 57.7 Å². The predicted molar refractivity (Wildman–Crippen MR) is 72.7 cm³/mol. The van der Waals surface area contributed by atoms with E-state index in [-0.39, 0.29) is 37.2 Å². The van der Waals surface area contributed by atoms with Crippen LogP contribution in [0, 0.1) is 0 Å². The molecule has 0 atom stereocenters. The molecule has 1 aromatic carbocycles. The van der Waals surface area contributed by atoms with Gasteiger partial charge < -0.3 is 9.80 Å². The summed E-state index contributed by atoms with van der Waals surface area (Å²) in [5, 5.41) is 0. The lowest BCUT2D eigenvalue weighted by atomic mass is 10.1. The molecule has 0 saturated carbocycles. The maximum Gasteiger partial charge on any atom is 0.243 e. The van der Waals surface area contributed by atoms with E-state index >= 15 is 0 Å². The van der Waals surface area contributed by atoms with E-state index in [1.165, 1.54) is 9.80 Å². The molecule has 1 aliphatic rings. The van der Waals surface area contributed by atoms with E-state index in [2.05, 4.69) is 15.9 Å². The molecule has 1 fully saturated rings. The Morgan fingerprint density at radius 3 is 2.58 bits per heavy atom. The van der Waals surface area contributed by atoms with Crippen LogP contribution in [0.15, 0.2) is 28.7 Å². The lowest BCUT2D eigenvalue weighted by Crippen LogP contribution is -2.53. The maximum atomic E-state index is 12.1. The van der Waals surface area contributed by atoms with Gasteiger partial charge >= 0.3 is 0 Å². The van der Waals surface area contributed by atoms with Gasteiger partial charge in [-0.25, -0.2) is 0 Å². The monoisotopic (exact) mass is 324 g/mol. The number of benzene rings is 1. The van der Waals surface area contributed by atoms with Crippen molar-refractivity contribution < 1.29 is 14.4 Å². The molecule has 2 amide bonds. The number of hydrogen-bond acceptors (Lipinski definition) is 3. The minimum absolute atomic E-state index is 0.0298. The van der Waals surface area contributed by atoms with Crippen LogP contribution in [0.5, 0.6) is 0 Å². The van der Waals surface area contributed by atoms with E-state index in [1.807, 2.05) is 6.07 Å². The Morgan fingerprint density at radius 1 is 1.21 bits per heavy atom. The van der Waals surface area contributed by atoms with Gasteiger partial charge in [0.25, 0.3) is 0 Å². The third kappa shape index (κ3) is 3.01. The minimum Gasteiger partial charge on any atom is -0.335 e. The summed E-state index contributed by atoms with van der Waals surface area (Å²) in [6, 6.07) is 7.03. The molecule has 0 aliphatic carbocycles. The maximum absolute atomic E-state index is 12.1. The zero-order valence-electron chi connectivity index (χ0n) is 10.4. The van der Waals surface area contributed by atoms with Gasteiger partial charge in [0.2, 0.25) is 11.8 Å². The number of halogens is 1. The highest BCUT2D eigenvalue weighted by Gasteiger charge is 2.29. The van der Waals surface area contributed by atoms with E-state index in [9.17, 15) is 14.4 Å². The molecular formula is C13H13BrN2O3. The molecule has 0 radical (unpaired) electrons. The van der Waals surface area contributed by atoms with E-state index in [1.54, 1.807) is 25.2 Å². The van der Waals surface area contributed by atoms with Crippen molar-refractivity contribution in [1.82, 2.24) is 9.80 Å². The van der Waals surface area contributed by atoms with Crippen molar-refractivity contribution in [3.05, 3.63) is 34.3 Å². The van der Waals surface area contributed by atoms with E-state index in [0.29, 0.717) is 10.0 Å². The summed E-state index contributed by atoms with van der Waals surface area (Å²) in [5.74, 6) is -0.541. The molecule has 1 aliphatic heterocycles. The van der Waals surface area contributed by atoms with Gasteiger partial charge in [-0.1, -0.05) is 34.1 Å². The summed E-state index contributed by atoms with van der Waals surface area (Å²) in [6.07, 6.45) is 0. The number of likely N-dealkylation sites (N-methyl/N-ethyl adjacent to an activating group) is 1. The molecule has 2 rings (SSSR count). The highest BCUT2D eigenvalue weighted by molar-refractivity contribution is 9.10. The first-order chi connectivity index (χ1) is 8.99. The average molecular weight is 325 g/mol. The first-order valence-electron chi connectivity index (χ1n) is 5.78. The van der Waals surface area contributed by atoms with Crippen LogP contribution in [-0.2, 0) is 9.59 Å². The Balaban J connectivity index is 2.09. The van der Waals surface area contributed by atoms with Gasteiger partial charge in [-0.15, -0.1) is 0 Å². The van der Waals surface area contributed by atoms with Crippen molar-refractivity contribution in [2.75, 3.05) is 26.7 Å². The Morgan fingerprint density at radius 2 is 1.89 bits per heavy atom. The number of hydrogen-bond donors (Lipinski definition) is 0. The van der Waals surface area contributed by atoms with Crippen LogP contribution in [0.25, 0.3) is 0 Å². The van der Waals surface area contributed by atoms with Gasteiger partial charge in [-0.05, 0) is 6.07 Å². The second kappa shape index (κ2) is 5.52. The largest absolute Gasteiger partial charge is 0.335 e. The lowest BCUT2D eigenvalue weighted by Gasteiger charge is -2.31. The number of rotatable bonds is 3. The first-order valence-corrected chi connectivity index (χ1v) is 6.58. The number of ketones is 1. The number of nitrogens with zero attached hydrogens (tertiary/aromatic N) is 2. The van der Waals surface area contributed by atoms with Crippen molar-refractivity contribution in [3.63, 3.8) is 0 Å². The molecule has 0 unspecified atom stereocenters. The van der Waals surface area contributed by atoms with Gasteiger partial charge in [0.15, 0.2) is 5.78 Å². The molecule has 0 spiro atoms. The van der Waals surface area contributed by atoms with Gasteiger partial charge in [0.05, 0.1) is 13.1 Å². The Labute approximate surface area is 119 Å². The van der Waals surface area contributed by atoms with Crippen molar-refractivity contribution in [1.29, 1.82) is 0 Å². The molecule has 5 nitrogen and oxygen atoms in total. The summed E-state index contributed by atoms with van der Waals surface area (Å²) in [5.41, 5.74) is 0.515. The molecule has 6 heteroatoms. The zero-order valence-corrected chi connectivity index (χ0v) is 12.0. The molecule has 0 aromatic heterocycles. The van der Waals surface area contributed by atoms with Crippen molar-refractivity contribution in [3.8, 4) is 0 Å². The number of piperazine rings is 1. The lowest BCUT2D eigenvalue weighted by molar-refractivity contribution is -0.148. The Bertz CT molecular complexity index is 544. The Kier molecular flexibility index (Phi) is 3.99. The number of Topliss-reactive ketones (excluding diaryl/α,β-unsaturated/α-hetero) is 1. The van der Waals surface area contributed by atoms with Crippen LogP contribution < -0.4 is 0 Å². The summed E-state index contributed by atoms with van der Waals surface area (Å²) >= 11 is 3.30. The summed E-state index contributed by atoms with van der Waals surface area (Å²) in [4.78, 5) is 38.1. The van der Waals surface area contributed by atoms with Crippen LogP contribution in [0.3, 0.4) is 0 Å². The summed E-state index contributed by atoms with van der Waals surface area (Å²) < 4.78 is 0.688. The van der Waals surface area contributed by atoms with Gasteiger partial charge in [0, 0.05) is 17.1 Å². The smallest absolute Gasteiger partial charge is 0.243 e. The van der Waals surface area contributed by atoms with Crippen LogP contribution in [0.2, 0.25) is 0 Å². The van der Waals surface area contributed by atoms with Gasteiger partial charge in [-0.3, -0.25) is 14.4 Å². The predicted octanol–water partition coefficient (Wildman–Crippen LogP) is 0.932. The average Bonchev–Trinajstić information content (AvgIpc) is 2.36. The third-order valence-electron chi connectivity index (χ3n) is 2.99. The van der Waals surface area contributed by atoms with Crippen LogP contribution in [-0.4, -0.2) is 54.1 Å². The number of carbonyl (C=O) groups excluding carboxylic acids is 3. The van der Waals surface area contributed by atoms with E-state index in [4.69, 9.17) is 0 Å². The van der Waals surface area contributed by atoms with Crippen molar-refractivity contribution in [2.24, 2.45) is 0 Å². The van der Waals surface area contributed by atoms with Gasteiger partial charge in [0.1, 0.15) is 6.54 Å². The standard InChI is InChI=1S/C13H13BrN2O3/c1-15-7-13(19)16(8-12(15)18)6-11(17)9-4-2-3-5-10(9)14/h2-5H,6-8H2,1H3. The minimum atomic E-state index is -0.206. The Hall–Kier alpha value is -1.69. The van der Waals surface area contributed by atoms with E-state index < -0.39 is 0 Å². The SMILES string of the molecule is CN1CC(=O)N(CC(=O)c2ccccc2Br)CC1=O. The van der Waals surface area contributed by atoms with E-state index in [0.717, 1.165) is 0 Å². The third-order valence-corrected chi connectivity index (χ3v) is 3.68. The number of carbonyl (C=O) groups is 3. The molecule has 1 saturated heterocycles. The van der Waals surface area contributed by atoms with Crippen LogP contribution in [0.4, 0.5) is 0 Å². The van der Waals surface area contributed by atoms with Crippen molar-refractivity contribution in [2.45, 2.75) is 0 Å². The zero-order chi connectivity index (χ0) is 14.0. The fourth-order valence-electron chi connectivity index (χ4n) is 1.85. The summed E-state index contributed by atoms with van der Waals surface area (Å²) in [7, 11) is 1.58. The fraction of sp³-hybridized carbons (Fsp3) is 0.308. The molecule has 1 heterocycles. The second-order valence-electron chi connectivity index (χ2n) is 4.40. The first kappa shape index (κ1) is 13.7. The van der Waals surface area contributed by atoms with Gasteiger partial charge in [-0.2, -0.15) is 0 Å². The molecule has 0 N–H and O–H groups in total. The molecule has 0 bridgehead atoms. The van der Waals surface area contributed by atoms with Crippen molar-refractivity contribution >= 4 is 33.5 Å². The molecule has 19 heavy (non-hydrogen) atoms. The molecule has 100 valence electrons. The number of amides is 2.